The van der Waals surface area contributed by atoms with Crippen LogP contribution in [0, 0.1) is 12.7 Å². The van der Waals surface area contributed by atoms with Crippen LogP contribution in [0.2, 0.25) is 0 Å². The maximum Gasteiger partial charge on any atom is 0.259 e. The highest BCUT2D eigenvalue weighted by molar-refractivity contribution is 7.89. The molecule has 0 saturated heterocycles. The van der Waals surface area contributed by atoms with Crippen molar-refractivity contribution in [3.05, 3.63) is 53.5 Å². The number of anilines is 1. The van der Waals surface area contributed by atoms with E-state index in [-0.39, 0.29) is 22.3 Å². The largest absolute Gasteiger partial charge is 0.306 e. The Balaban J connectivity index is 2.33. The molecular weight excluding hydrogens is 333 g/mol. The Labute approximate surface area is 140 Å². The minimum absolute atomic E-state index is 0.181. The zero-order valence-electron chi connectivity index (χ0n) is 13.5. The first-order valence-corrected chi connectivity index (χ1v) is 8.73. The van der Waals surface area contributed by atoms with Gasteiger partial charge in [-0.15, -0.1) is 0 Å². The van der Waals surface area contributed by atoms with Crippen LogP contribution < -0.4 is 10.0 Å². The SMILES string of the molecule is Cc1ccnc(NC(=O)c2cc(S(=O)(=O)NC(C)C)ccc2F)c1. The van der Waals surface area contributed by atoms with Crippen LogP contribution in [0.1, 0.15) is 29.8 Å². The third-order valence-corrected chi connectivity index (χ3v) is 4.70. The Morgan fingerprint density at radius 1 is 1.21 bits per heavy atom. The number of nitrogens with one attached hydrogen (secondary N) is 2. The van der Waals surface area contributed by atoms with Gasteiger partial charge in [-0.05, 0) is 56.7 Å². The van der Waals surface area contributed by atoms with Crippen molar-refractivity contribution in [2.75, 3.05) is 5.32 Å². The second-order valence-electron chi connectivity index (χ2n) is 5.59. The molecule has 0 radical (unpaired) electrons. The maximum atomic E-state index is 14.0. The van der Waals surface area contributed by atoms with Crippen molar-refractivity contribution >= 4 is 21.7 Å². The molecule has 0 bridgehead atoms. The first-order valence-electron chi connectivity index (χ1n) is 7.25. The van der Waals surface area contributed by atoms with Gasteiger partial charge in [-0.3, -0.25) is 4.79 Å². The van der Waals surface area contributed by atoms with Gasteiger partial charge in [-0.1, -0.05) is 0 Å². The minimum Gasteiger partial charge on any atom is -0.306 e. The molecule has 0 saturated carbocycles. The van der Waals surface area contributed by atoms with Crippen LogP contribution in [-0.2, 0) is 10.0 Å². The minimum atomic E-state index is -3.82. The summed E-state index contributed by atoms with van der Waals surface area (Å²) < 4.78 is 40.6. The van der Waals surface area contributed by atoms with E-state index in [1.807, 2.05) is 6.92 Å². The number of carbonyl (C=O) groups excluding carboxylic acids is 1. The summed E-state index contributed by atoms with van der Waals surface area (Å²) in [5.41, 5.74) is 0.503. The van der Waals surface area contributed by atoms with Gasteiger partial charge in [0.25, 0.3) is 5.91 Å². The Hall–Kier alpha value is -2.32. The number of carbonyl (C=O) groups is 1. The monoisotopic (exact) mass is 351 g/mol. The van der Waals surface area contributed by atoms with Crippen molar-refractivity contribution in [2.45, 2.75) is 31.7 Å². The topological polar surface area (TPSA) is 88.2 Å². The van der Waals surface area contributed by atoms with Gasteiger partial charge < -0.3 is 5.32 Å². The average Bonchev–Trinajstić information content (AvgIpc) is 2.46. The number of aromatic nitrogens is 1. The number of sulfonamides is 1. The van der Waals surface area contributed by atoms with E-state index < -0.39 is 21.7 Å². The van der Waals surface area contributed by atoms with E-state index >= 15 is 0 Å². The average molecular weight is 351 g/mol. The van der Waals surface area contributed by atoms with Gasteiger partial charge in [0.05, 0.1) is 10.5 Å². The molecule has 0 aliphatic heterocycles. The zero-order chi connectivity index (χ0) is 17.9. The Kier molecular flexibility index (Phi) is 5.30. The van der Waals surface area contributed by atoms with Crippen molar-refractivity contribution in [3.63, 3.8) is 0 Å². The number of benzene rings is 1. The van der Waals surface area contributed by atoms with E-state index in [1.165, 1.54) is 6.20 Å². The zero-order valence-corrected chi connectivity index (χ0v) is 14.3. The summed E-state index contributed by atoms with van der Waals surface area (Å²) in [5, 5.41) is 2.45. The predicted octanol–water partition coefficient (Wildman–Crippen LogP) is 2.47. The normalized spacial score (nSPS) is 11.5. The van der Waals surface area contributed by atoms with Gasteiger partial charge in [0.1, 0.15) is 11.6 Å². The molecule has 8 heteroatoms. The van der Waals surface area contributed by atoms with Crippen molar-refractivity contribution in [3.8, 4) is 0 Å². The summed E-state index contributed by atoms with van der Waals surface area (Å²) >= 11 is 0. The van der Waals surface area contributed by atoms with Crippen molar-refractivity contribution in [1.82, 2.24) is 9.71 Å². The standard InChI is InChI=1S/C16H18FN3O3S/c1-10(2)20-24(22,23)12-4-5-14(17)13(9-12)16(21)19-15-8-11(3)6-7-18-15/h4-10,20H,1-3H3,(H,18,19,21). The fraction of sp³-hybridized carbons (Fsp3) is 0.250. The molecule has 1 aromatic carbocycles. The number of halogens is 1. The number of aryl methyl sites for hydroxylation is 1. The molecule has 24 heavy (non-hydrogen) atoms. The van der Waals surface area contributed by atoms with E-state index in [0.717, 1.165) is 23.8 Å². The molecular formula is C16H18FN3O3S. The summed E-state index contributed by atoms with van der Waals surface area (Å²) in [6.45, 7) is 5.15. The van der Waals surface area contributed by atoms with Crippen molar-refractivity contribution in [2.24, 2.45) is 0 Å². The lowest BCUT2D eigenvalue weighted by atomic mass is 10.2. The van der Waals surface area contributed by atoms with Gasteiger partial charge in [0, 0.05) is 12.2 Å². The number of pyridine rings is 1. The van der Waals surface area contributed by atoms with E-state index in [4.69, 9.17) is 0 Å². The molecule has 6 nitrogen and oxygen atoms in total. The molecule has 2 aromatic rings. The van der Waals surface area contributed by atoms with Gasteiger partial charge in [0.2, 0.25) is 10.0 Å². The molecule has 1 heterocycles. The molecule has 0 unspecified atom stereocenters. The van der Waals surface area contributed by atoms with Crippen molar-refractivity contribution < 1.29 is 17.6 Å². The quantitative estimate of drug-likeness (QED) is 0.866. The molecule has 0 atom stereocenters. The lowest BCUT2D eigenvalue weighted by Crippen LogP contribution is -2.30. The highest BCUT2D eigenvalue weighted by Gasteiger charge is 2.20. The van der Waals surface area contributed by atoms with Crippen LogP contribution in [0.25, 0.3) is 0 Å². The summed E-state index contributed by atoms with van der Waals surface area (Å²) in [4.78, 5) is 16.0. The van der Waals surface area contributed by atoms with E-state index in [9.17, 15) is 17.6 Å². The van der Waals surface area contributed by atoms with Crippen LogP contribution in [0.5, 0.6) is 0 Å². The summed E-state index contributed by atoms with van der Waals surface area (Å²) in [6.07, 6.45) is 1.51. The van der Waals surface area contributed by atoms with Crippen LogP contribution in [0.15, 0.2) is 41.4 Å². The fourth-order valence-electron chi connectivity index (χ4n) is 2.01. The summed E-state index contributed by atoms with van der Waals surface area (Å²) in [7, 11) is -3.82. The predicted molar refractivity (Wildman–Crippen MR) is 88.8 cm³/mol. The van der Waals surface area contributed by atoms with Crippen molar-refractivity contribution in [1.29, 1.82) is 0 Å². The smallest absolute Gasteiger partial charge is 0.259 e. The van der Waals surface area contributed by atoms with Crippen LogP contribution in [-0.4, -0.2) is 25.4 Å². The van der Waals surface area contributed by atoms with Crippen LogP contribution in [0.3, 0.4) is 0 Å². The molecule has 1 aromatic heterocycles. The fourth-order valence-corrected chi connectivity index (χ4v) is 3.29. The van der Waals surface area contributed by atoms with Gasteiger partial charge in [-0.25, -0.2) is 22.5 Å². The Morgan fingerprint density at radius 2 is 1.92 bits per heavy atom. The number of amides is 1. The second kappa shape index (κ2) is 7.06. The lowest BCUT2D eigenvalue weighted by molar-refractivity contribution is 0.102. The number of rotatable bonds is 5. The highest BCUT2D eigenvalue weighted by Crippen LogP contribution is 2.17. The molecule has 2 N–H and O–H groups in total. The molecule has 2 rings (SSSR count). The maximum absolute atomic E-state index is 14.0. The third-order valence-electron chi connectivity index (χ3n) is 3.04. The number of nitrogens with zero attached hydrogens (tertiary/aromatic N) is 1. The first kappa shape index (κ1) is 18.0. The highest BCUT2D eigenvalue weighted by atomic mass is 32.2. The Morgan fingerprint density at radius 3 is 2.54 bits per heavy atom. The summed E-state index contributed by atoms with van der Waals surface area (Å²) in [6, 6.07) is 6.12. The number of hydrogen-bond acceptors (Lipinski definition) is 4. The van der Waals surface area contributed by atoms with Gasteiger partial charge in [0.15, 0.2) is 0 Å². The Bertz CT molecular complexity index is 867. The van der Waals surface area contributed by atoms with E-state index in [0.29, 0.717) is 0 Å². The van der Waals surface area contributed by atoms with Gasteiger partial charge >= 0.3 is 0 Å². The van der Waals surface area contributed by atoms with E-state index in [1.54, 1.807) is 26.0 Å². The van der Waals surface area contributed by atoms with Gasteiger partial charge in [-0.2, -0.15) is 0 Å². The molecule has 0 aliphatic rings. The lowest BCUT2D eigenvalue weighted by Gasteiger charge is -2.11. The van der Waals surface area contributed by atoms with E-state index in [2.05, 4.69) is 15.0 Å². The molecule has 0 fully saturated rings. The number of hydrogen-bond donors (Lipinski definition) is 2. The van der Waals surface area contributed by atoms with Crippen LogP contribution >= 0.6 is 0 Å². The van der Waals surface area contributed by atoms with Crippen LogP contribution in [0.4, 0.5) is 10.2 Å². The second-order valence-corrected chi connectivity index (χ2v) is 7.30. The third kappa shape index (κ3) is 4.36. The molecule has 1 amide bonds. The summed E-state index contributed by atoms with van der Waals surface area (Å²) in [5.74, 6) is -1.33. The first-order chi connectivity index (χ1) is 11.2. The molecule has 0 spiro atoms. The molecule has 0 aliphatic carbocycles. The molecule has 128 valence electrons.